The number of carbonyl (C=O) groups excluding carboxylic acids is 1. The summed E-state index contributed by atoms with van der Waals surface area (Å²) in [5.41, 5.74) is 0. The van der Waals surface area contributed by atoms with Crippen molar-refractivity contribution in [3.63, 3.8) is 0 Å². The fourth-order valence-corrected chi connectivity index (χ4v) is 1.72. The van der Waals surface area contributed by atoms with Gasteiger partial charge in [0.25, 0.3) is 0 Å². The van der Waals surface area contributed by atoms with Crippen molar-refractivity contribution < 1.29 is 4.79 Å². The van der Waals surface area contributed by atoms with Gasteiger partial charge in [-0.1, -0.05) is 20.3 Å². The molecule has 1 saturated carbocycles. The third kappa shape index (κ3) is 7.07. The Labute approximate surface area is 105 Å². The summed E-state index contributed by atoms with van der Waals surface area (Å²) in [7, 11) is 0. The van der Waals surface area contributed by atoms with Crippen molar-refractivity contribution in [2.24, 2.45) is 5.92 Å². The lowest BCUT2D eigenvalue weighted by Crippen LogP contribution is -2.40. The quantitative estimate of drug-likeness (QED) is 0.691. The zero-order valence-electron chi connectivity index (χ0n) is 10.4. The van der Waals surface area contributed by atoms with Crippen LogP contribution >= 0.6 is 12.4 Å². The highest BCUT2D eigenvalue weighted by atomic mass is 35.5. The molecule has 4 heteroatoms. The van der Waals surface area contributed by atoms with Gasteiger partial charge in [-0.05, 0) is 38.1 Å². The van der Waals surface area contributed by atoms with Gasteiger partial charge in [-0.15, -0.1) is 12.4 Å². The van der Waals surface area contributed by atoms with Gasteiger partial charge in [0.2, 0.25) is 5.91 Å². The predicted octanol–water partition coefficient (Wildman–Crippen LogP) is 2.10. The number of hydrogen-bond donors (Lipinski definition) is 2. The third-order valence-electron chi connectivity index (χ3n) is 2.91. The summed E-state index contributed by atoms with van der Waals surface area (Å²) in [5, 5.41) is 6.27. The highest BCUT2D eigenvalue weighted by Gasteiger charge is 2.20. The Morgan fingerprint density at radius 3 is 2.56 bits per heavy atom. The first-order chi connectivity index (χ1) is 7.26. The Kier molecular flexibility index (Phi) is 8.67. The standard InChI is InChI=1S/C12H24N2O.ClH/c1-3-5-11(4-2)14-12(15)9-13-8-10-6-7-10;/h10-11,13H,3-9H2,1-2H3,(H,14,15);1H. The van der Waals surface area contributed by atoms with Gasteiger partial charge < -0.3 is 10.6 Å². The van der Waals surface area contributed by atoms with Crippen LogP contribution in [0.1, 0.15) is 46.0 Å². The maximum Gasteiger partial charge on any atom is 0.234 e. The molecule has 1 amide bonds. The minimum Gasteiger partial charge on any atom is -0.352 e. The van der Waals surface area contributed by atoms with Gasteiger partial charge >= 0.3 is 0 Å². The Balaban J connectivity index is 0.00000225. The topological polar surface area (TPSA) is 41.1 Å². The van der Waals surface area contributed by atoms with Gasteiger partial charge in [0.05, 0.1) is 6.54 Å². The SMILES string of the molecule is CCCC(CC)NC(=O)CNCC1CC1.Cl. The smallest absolute Gasteiger partial charge is 0.234 e. The third-order valence-corrected chi connectivity index (χ3v) is 2.91. The minimum absolute atomic E-state index is 0. The largest absolute Gasteiger partial charge is 0.352 e. The summed E-state index contributed by atoms with van der Waals surface area (Å²) in [4.78, 5) is 11.5. The lowest BCUT2D eigenvalue weighted by Gasteiger charge is -2.16. The van der Waals surface area contributed by atoms with E-state index in [1.807, 2.05) is 0 Å². The molecule has 1 fully saturated rings. The van der Waals surface area contributed by atoms with E-state index in [-0.39, 0.29) is 18.3 Å². The Morgan fingerprint density at radius 2 is 2.06 bits per heavy atom. The number of rotatable bonds is 8. The first-order valence-corrected chi connectivity index (χ1v) is 6.26. The van der Waals surface area contributed by atoms with E-state index in [0.717, 1.165) is 31.7 Å². The molecule has 2 N–H and O–H groups in total. The molecule has 0 heterocycles. The van der Waals surface area contributed by atoms with Crippen LogP contribution in [-0.4, -0.2) is 25.0 Å². The maximum atomic E-state index is 11.5. The highest BCUT2D eigenvalue weighted by Crippen LogP contribution is 2.27. The van der Waals surface area contributed by atoms with Crippen molar-refractivity contribution in [3.8, 4) is 0 Å². The van der Waals surface area contributed by atoms with Crippen LogP contribution in [0.25, 0.3) is 0 Å². The Morgan fingerprint density at radius 1 is 1.38 bits per heavy atom. The average molecular weight is 249 g/mol. The van der Waals surface area contributed by atoms with Gasteiger partial charge in [0, 0.05) is 6.04 Å². The van der Waals surface area contributed by atoms with Gasteiger partial charge in [0.1, 0.15) is 0 Å². The lowest BCUT2D eigenvalue weighted by molar-refractivity contribution is -0.121. The van der Waals surface area contributed by atoms with Crippen molar-refractivity contribution in [2.45, 2.75) is 52.0 Å². The number of carbonyl (C=O) groups is 1. The van der Waals surface area contributed by atoms with Crippen molar-refractivity contribution in [1.29, 1.82) is 0 Å². The number of hydrogen-bond acceptors (Lipinski definition) is 2. The molecule has 1 aliphatic rings. The van der Waals surface area contributed by atoms with E-state index < -0.39 is 0 Å². The second-order valence-electron chi connectivity index (χ2n) is 4.54. The Hall–Kier alpha value is -0.280. The molecule has 0 aromatic carbocycles. The summed E-state index contributed by atoms with van der Waals surface area (Å²) in [6.07, 6.45) is 5.92. The Bertz CT molecular complexity index is 195. The molecule has 1 unspecified atom stereocenters. The molecule has 0 aliphatic heterocycles. The van der Waals surface area contributed by atoms with E-state index in [2.05, 4.69) is 24.5 Å². The zero-order valence-corrected chi connectivity index (χ0v) is 11.2. The predicted molar refractivity (Wildman–Crippen MR) is 70.0 cm³/mol. The summed E-state index contributed by atoms with van der Waals surface area (Å²) in [6.45, 7) is 5.77. The first kappa shape index (κ1) is 15.7. The summed E-state index contributed by atoms with van der Waals surface area (Å²) >= 11 is 0. The summed E-state index contributed by atoms with van der Waals surface area (Å²) in [6, 6.07) is 0.366. The van der Waals surface area contributed by atoms with E-state index in [4.69, 9.17) is 0 Å². The van der Waals surface area contributed by atoms with Crippen LogP contribution in [0.3, 0.4) is 0 Å². The van der Waals surface area contributed by atoms with E-state index in [1.54, 1.807) is 0 Å². The highest BCUT2D eigenvalue weighted by molar-refractivity contribution is 5.85. The molecule has 3 nitrogen and oxygen atoms in total. The minimum atomic E-state index is 0. The summed E-state index contributed by atoms with van der Waals surface area (Å²) in [5.74, 6) is 0.992. The normalized spacial score (nSPS) is 16.4. The number of halogens is 1. The van der Waals surface area contributed by atoms with E-state index in [1.165, 1.54) is 12.8 Å². The fraction of sp³-hybridized carbons (Fsp3) is 0.917. The van der Waals surface area contributed by atoms with Crippen LogP contribution in [0, 0.1) is 5.92 Å². The van der Waals surface area contributed by atoms with Gasteiger partial charge in [0.15, 0.2) is 0 Å². The second kappa shape index (κ2) is 8.82. The summed E-state index contributed by atoms with van der Waals surface area (Å²) < 4.78 is 0. The first-order valence-electron chi connectivity index (χ1n) is 6.26. The molecule has 0 aromatic rings. The molecule has 1 aliphatic carbocycles. The average Bonchev–Trinajstić information content (AvgIpc) is 3.01. The zero-order chi connectivity index (χ0) is 11.1. The van der Waals surface area contributed by atoms with Crippen LogP contribution in [-0.2, 0) is 4.79 Å². The molecule has 1 atom stereocenters. The van der Waals surface area contributed by atoms with Crippen molar-refractivity contribution in [3.05, 3.63) is 0 Å². The lowest BCUT2D eigenvalue weighted by atomic mass is 10.1. The number of amides is 1. The van der Waals surface area contributed by atoms with Crippen LogP contribution in [0.4, 0.5) is 0 Å². The van der Waals surface area contributed by atoms with Crippen molar-refractivity contribution in [2.75, 3.05) is 13.1 Å². The molecule has 1 rings (SSSR count). The van der Waals surface area contributed by atoms with E-state index in [9.17, 15) is 4.79 Å². The maximum absolute atomic E-state index is 11.5. The molecular weight excluding hydrogens is 224 g/mol. The molecule has 96 valence electrons. The van der Waals surface area contributed by atoms with E-state index >= 15 is 0 Å². The van der Waals surface area contributed by atoms with Crippen molar-refractivity contribution >= 4 is 18.3 Å². The van der Waals surface area contributed by atoms with Gasteiger partial charge in [-0.3, -0.25) is 4.79 Å². The molecule has 0 saturated heterocycles. The van der Waals surface area contributed by atoms with Gasteiger partial charge in [-0.25, -0.2) is 0 Å². The van der Waals surface area contributed by atoms with Crippen LogP contribution in [0.2, 0.25) is 0 Å². The van der Waals surface area contributed by atoms with Crippen LogP contribution < -0.4 is 10.6 Å². The molecular formula is C12H25ClN2O. The second-order valence-corrected chi connectivity index (χ2v) is 4.54. The molecule has 0 radical (unpaired) electrons. The molecule has 0 bridgehead atoms. The van der Waals surface area contributed by atoms with Gasteiger partial charge in [-0.2, -0.15) is 0 Å². The fourth-order valence-electron chi connectivity index (χ4n) is 1.72. The van der Waals surface area contributed by atoms with Crippen molar-refractivity contribution in [1.82, 2.24) is 10.6 Å². The monoisotopic (exact) mass is 248 g/mol. The van der Waals surface area contributed by atoms with E-state index in [0.29, 0.717) is 12.6 Å². The van der Waals surface area contributed by atoms with Crippen LogP contribution in [0.15, 0.2) is 0 Å². The van der Waals surface area contributed by atoms with Crippen LogP contribution in [0.5, 0.6) is 0 Å². The molecule has 0 spiro atoms. The molecule has 0 aromatic heterocycles. The number of nitrogens with one attached hydrogen (secondary N) is 2. The molecule has 16 heavy (non-hydrogen) atoms.